The summed E-state index contributed by atoms with van der Waals surface area (Å²) < 4.78 is 12.9. The highest BCUT2D eigenvalue weighted by Crippen LogP contribution is 2.25. The van der Waals surface area contributed by atoms with Gasteiger partial charge in [-0.25, -0.2) is 4.39 Å². The minimum Gasteiger partial charge on any atom is -0.345 e. The maximum atomic E-state index is 12.9. The molecule has 106 valence electrons. The van der Waals surface area contributed by atoms with Crippen molar-refractivity contribution in [1.82, 2.24) is 5.32 Å². The number of halogens is 1. The van der Waals surface area contributed by atoms with Gasteiger partial charge in [0.15, 0.2) is 0 Å². The van der Waals surface area contributed by atoms with Crippen LogP contribution >= 0.6 is 0 Å². The molecule has 0 aliphatic carbocycles. The van der Waals surface area contributed by atoms with E-state index >= 15 is 0 Å². The molecule has 2 rings (SSSR count). The predicted octanol–water partition coefficient (Wildman–Crippen LogP) is 4.26. The van der Waals surface area contributed by atoms with Crippen LogP contribution in [0.1, 0.15) is 25.5 Å². The number of nitrogens with one attached hydrogen (secondary N) is 1. The molecule has 20 heavy (non-hydrogen) atoms. The fourth-order valence-corrected chi connectivity index (χ4v) is 2.22. The number of benzene rings is 2. The first-order valence-electron chi connectivity index (χ1n) is 6.94. The molecule has 1 N–H and O–H groups in total. The molecule has 0 saturated heterocycles. The van der Waals surface area contributed by atoms with Gasteiger partial charge < -0.3 is 10.2 Å². The van der Waals surface area contributed by atoms with Crippen molar-refractivity contribution >= 4 is 11.4 Å². The summed E-state index contributed by atoms with van der Waals surface area (Å²) in [7, 11) is 1.98. The van der Waals surface area contributed by atoms with E-state index < -0.39 is 0 Å². The Balaban J connectivity index is 2.15. The summed E-state index contributed by atoms with van der Waals surface area (Å²) in [6, 6.07) is 15.3. The zero-order valence-electron chi connectivity index (χ0n) is 12.2. The first-order valence-corrected chi connectivity index (χ1v) is 6.94. The van der Waals surface area contributed by atoms with E-state index in [1.807, 2.05) is 11.9 Å². The van der Waals surface area contributed by atoms with Gasteiger partial charge in [0.25, 0.3) is 0 Å². The summed E-state index contributed by atoms with van der Waals surface area (Å²) in [4.78, 5) is 2.04. The van der Waals surface area contributed by atoms with Crippen molar-refractivity contribution in [2.24, 2.45) is 0 Å². The average Bonchev–Trinajstić information content (AvgIpc) is 2.48. The van der Waals surface area contributed by atoms with Crippen LogP contribution < -0.4 is 10.2 Å². The van der Waals surface area contributed by atoms with Gasteiger partial charge in [-0.05, 0) is 55.4 Å². The lowest BCUT2D eigenvalue weighted by molar-refractivity contribution is 0.598. The van der Waals surface area contributed by atoms with Gasteiger partial charge in [-0.1, -0.05) is 19.1 Å². The van der Waals surface area contributed by atoms with Gasteiger partial charge in [-0.3, -0.25) is 0 Å². The van der Waals surface area contributed by atoms with Crippen LogP contribution in [0.5, 0.6) is 0 Å². The summed E-state index contributed by atoms with van der Waals surface area (Å²) in [5.74, 6) is -0.211. The van der Waals surface area contributed by atoms with E-state index in [2.05, 4.69) is 43.4 Å². The Bertz CT molecular complexity index is 534. The van der Waals surface area contributed by atoms with Crippen LogP contribution in [-0.2, 0) is 0 Å². The van der Waals surface area contributed by atoms with Gasteiger partial charge >= 0.3 is 0 Å². The van der Waals surface area contributed by atoms with Crippen LogP contribution in [0.15, 0.2) is 48.5 Å². The lowest BCUT2D eigenvalue weighted by atomic mass is 10.1. The van der Waals surface area contributed by atoms with Gasteiger partial charge in [-0.2, -0.15) is 0 Å². The molecule has 0 spiro atoms. The summed E-state index contributed by atoms with van der Waals surface area (Å²) in [5.41, 5.74) is 3.33. The maximum absolute atomic E-state index is 12.9. The SMILES string of the molecule is CCNC(C)c1ccc(N(C)c2ccc(F)cc2)cc1. The van der Waals surface area contributed by atoms with Crippen LogP contribution in [-0.4, -0.2) is 13.6 Å². The highest BCUT2D eigenvalue weighted by atomic mass is 19.1. The van der Waals surface area contributed by atoms with Gasteiger partial charge in [0.2, 0.25) is 0 Å². The number of nitrogens with zero attached hydrogens (tertiary/aromatic N) is 1. The molecule has 0 fully saturated rings. The van der Waals surface area contributed by atoms with Crippen LogP contribution in [0.2, 0.25) is 0 Å². The van der Waals surface area contributed by atoms with Crippen LogP contribution in [0.25, 0.3) is 0 Å². The molecule has 1 unspecified atom stereocenters. The smallest absolute Gasteiger partial charge is 0.123 e. The zero-order valence-corrected chi connectivity index (χ0v) is 12.2. The van der Waals surface area contributed by atoms with E-state index in [0.717, 1.165) is 17.9 Å². The molecule has 0 heterocycles. The van der Waals surface area contributed by atoms with Crippen molar-refractivity contribution in [3.63, 3.8) is 0 Å². The number of rotatable bonds is 5. The molecule has 0 aromatic heterocycles. The van der Waals surface area contributed by atoms with Crippen LogP contribution in [0, 0.1) is 5.82 Å². The molecule has 2 aromatic rings. The topological polar surface area (TPSA) is 15.3 Å². The normalized spacial score (nSPS) is 12.2. The molecule has 0 amide bonds. The Morgan fingerprint density at radius 3 is 2.00 bits per heavy atom. The molecule has 2 nitrogen and oxygen atoms in total. The number of anilines is 2. The maximum Gasteiger partial charge on any atom is 0.123 e. The van der Waals surface area contributed by atoms with E-state index in [4.69, 9.17) is 0 Å². The van der Waals surface area contributed by atoms with E-state index in [1.54, 1.807) is 12.1 Å². The van der Waals surface area contributed by atoms with Crippen LogP contribution in [0.4, 0.5) is 15.8 Å². The molecule has 0 saturated carbocycles. The van der Waals surface area contributed by atoms with Crippen LogP contribution in [0.3, 0.4) is 0 Å². The van der Waals surface area contributed by atoms with Gasteiger partial charge in [0.1, 0.15) is 5.82 Å². The second-order valence-electron chi connectivity index (χ2n) is 4.91. The number of hydrogen-bond donors (Lipinski definition) is 1. The molecule has 0 aliphatic rings. The Labute approximate surface area is 120 Å². The second-order valence-corrected chi connectivity index (χ2v) is 4.91. The Kier molecular flexibility index (Phi) is 4.74. The van der Waals surface area contributed by atoms with E-state index in [0.29, 0.717) is 6.04 Å². The van der Waals surface area contributed by atoms with Crippen molar-refractivity contribution < 1.29 is 4.39 Å². The average molecular weight is 272 g/mol. The first-order chi connectivity index (χ1) is 9.61. The van der Waals surface area contributed by atoms with Gasteiger partial charge in [0, 0.05) is 24.5 Å². The third-order valence-electron chi connectivity index (χ3n) is 3.50. The van der Waals surface area contributed by atoms with Crippen molar-refractivity contribution in [2.45, 2.75) is 19.9 Å². The Morgan fingerprint density at radius 1 is 1.00 bits per heavy atom. The van der Waals surface area contributed by atoms with Crippen molar-refractivity contribution in [3.8, 4) is 0 Å². The summed E-state index contributed by atoms with van der Waals surface area (Å²) in [6.07, 6.45) is 0. The summed E-state index contributed by atoms with van der Waals surface area (Å²) in [5, 5.41) is 3.39. The van der Waals surface area contributed by atoms with E-state index in [1.165, 1.54) is 17.7 Å². The van der Waals surface area contributed by atoms with Gasteiger partial charge in [-0.15, -0.1) is 0 Å². The van der Waals surface area contributed by atoms with E-state index in [-0.39, 0.29) is 5.82 Å². The Hall–Kier alpha value is -1.87. The van der Waals surface area contributed by atoms with Crippen molar-refractivity contribution in [2.75, 3.05) is 18.5 Å². The summed E-state index contributed by atoms with van der Waals surface area (Å²) >= 11 is 0. The zero-order chi connectivity index (χ0) is 14.5. The molecule has 0 bridgehead atoms. The third kappa shape index (κ3) is 3.36. The predicted molar refractivity (Wildman–Crippen MR) is 83.0 cm³/mol. The number of hydrogen-bond acceptors (Lipinski definition) is 2. The lowest BCUT2D eigenvalue weighted by Crippen LogP contribution is -2.17. The Morgan fingerprint density at radius 2 is 1.50 bits per heavy atom. The third-order valence-corrected chi connectivity index (χ3v) is 3.50. The lowest BCUT2D eigenvalue weighted by Gasteiger charge is -2.20. The minimum atomic E-state index is -0.211. The largest absolute Gasteiger partial charge is 0.345 e. The molecular formula is C17H21FN2. The standard InChI is InChI=1S/C17H21FN2/c1-4-19-13(2)14-5-9-16(10-6-14)20(3)17-11-7-15(18)8-12-17/h5-13,19H,4H2,1-3H3. The highest BCUT2D eigenvalue weighted by Gasteiger charge is 2.06. The fraction of sp³-hybridized carbons (Fsp3) is 0.294. The second kappa shape index (κ2) is 6.53. The highest BCUT2D eigenvalue weighted by molar-refractivity contribution is 5.62. The molecule has 0 radical (unpaired) electrons. The molecular weight excluding hydrogens is 251 g/mol. The van der Waals surface area contributed by atoms with Crippen molar-refractivity contribution in [3.05, 3.63) is 59.9 Å². The molecule has 2 aromatic carbocycles. The monoisotopic (exact) mass is 272 g/mol. The van der Waals surface area contributed by atoms with Crippen molar-refractivity contribution in [1.29, 1.82) is 0 Å². The summed E-state index contributed by atoms with van der Waals surface area (Å²) in [6.45, 7) is 5.22. The quantitative estimate of drug-likeness (QED) is 0.874. The first kappa shape index (κ1) is 14.5. The molecule has 0 aliphatic heterocycles. The minimum absolute atomic E-state index is 0.211. The fourth-order valence-electron chi connectivity index (χ4n) is 2.22. The molecule has 3 heteroatoms. The van der Waals surface area contributed by atoms with E-state index in [9.17, 15) is 4.39 Å². The van der Waals surface area contributed by atoms with Gasteiger partial charge in [0.05, 0.1) is 0 Å². The molecule has 1 atom stereocenters.